The van der Waals surface area contributed by atoms with Gasteiger partial charge in [-0.2, -0.15) is 13.2 Å². The molecule has 2 aromatic rings. The Hall–Kier alpha value is -1.61. The Morgan fingerprint density at radius 3 is 1.96 bits per heavy atom. The number of ether oxygens (including phenoxy) is 1. The number of hydrogen-bond donors (Lipinski definition) is 1. The normalized spacial score (nSPS) is 10.7. The number of pyridine rings is 1. The SMILES string of the molecule is CC.CC.CC.COc1ncc(Br)cc1NS(=O)c1ccc(C(F)(F)F)cc1. The fourth-order valence-electron chi connectivity index (χ4n) is 1.59. The highest BCUT2D eigenvalue weighted by Gasteiger charge is 2.30. The Morgan fingerprint density at radius 1 is 1.04 bits per heavy atom. The molecule has 0 saturated heterocycles. The Bertz CT molecular complexity index is 697. The number of alkyl halides is 3. The average Bonchev–Trinajstić information content (AvgIpc) is 2.72. The van der Waals surface area contributed by atoms with E-state index in [-0.39, 0.29) is 10.8 Å². The summed E-state index contributed by atoms with van der Waals surface area (Å²) in [5.41, 5.74) is -0.440. The van der Waals surface area contributed by atoms with Crippen LogP contribution in [0.25, 0.3) is 0 Å². The lowest BCUT2D eigenvalue weighted by atomic mass is 10.2. The standard InChI is InChI=1S/C13H10BrF3N2O2S.3C2H6/c1-21-12-11(6-9(14)7-18-12)19-22(20)10-4-2-8(3-5-10)13(15,16)17;3*1-2/h2-7,19H,1H3;3*1-2H3. The van der Waals surface area contributed by atoms with E-state index >= 15 is 0 Å². The molecule has 0 radical (unpaired) electrons. The van der Waals surface area contributed by atoms with E-state index in [0.29, 0.717) is 10.2 Å². The van der Waals surface area contributed by atoms with Gasteiger partial charge < -0.3 is 4.74 Å². The molecule has 4 nitrogen and oxygen atoms in total. The summed E-state index contributed by atoms with van der Waals surface area (Å²) in [7, 11) is -0.343. The molecule has 0 spiro atoms. The van der Waals surface area contributed by atoms with E-state index in [9.17, 15) is 17.4 Å². The zero-order chi connectivity index (χ0) is 22.3. The van der Waals surface area contributed by atoms with Crippen molar-refractivity contribution in [2.75, 3.05) is 11.8 Å². The molecule has 1 aromatic heterocycles. The molecule has 1 N–H and O–H groups in total. The Balaban J connectivity index is 0. The molecule has 1 heterocycles. The molecule has 0 bridgehead atoms. The van der Waals surface area contributed by atoms with Crippen LogP contribution in [0.3, 0.4) is 0 Å². The van der Waals surface area contributed by atoms with Crippen LogP contribution >= 0.6 is 15.9 Å². The van der Waals surface area contributed by atoms with E-state index in [1.54, 1.807) is 6.07 Å². The number of anilines is 1. The van der Waals surface area contributed by atoms with Gasteiger partial charge in [0.05, 0.1) is 17.6 Å². The second kappa shape index (κ2) is 15.3. The molecule has 0 aliphatic carbocycles. The third kappa shape index (κ3) is 9.54. The summed E-state index contributed by atoms with van der Waals surface area (Å²) in [6, 6.07) is 5.68. The number of hydrogen-bond acceptors (Lipinski definition) is 3. The number of rotatable bonds is 4. The molecule has 0 aliphatic heterocycles. The average molecular weight is 485 g/mol. The molecule has 9 heteroatoms. The van der Waals surface area contributed by atoms with E-state index in [4.69, 9.17) is 4.74 Å². The minimum absolute atomic E-state index is 0.204. The first-order valence-corrected chi connectivity index (χ1v) is 10.8. The van der Waals surface area contributed by atoms with Gasteiger partial charge in [-0.1, -0.05) is 41.5 Å². The van der Waals surface area contributed by atoms with Crippen molar-refractivity contribution < 1.29 is 22.1 Å². The summed E-state index contributed by atoms with van der Waals surface area (Å²) in [5, 5.41) is 0. The predicted molar refractivity (Wildman–Crippen MR) is 114 cm³/mol. The van der Waals surface area contributed by atoms with Crippen molar-refractivity contribution >= 4 is 32.6 Å². The molecule has 2 rings (SSSR count). The van der Waals surface area contributed by atoms with Gasteiger partial charge >= 0.3 is 6.18 Å². The van der Waals surface area contributed by atoms with Crippen LogP contribution in [0, 0.1) is 0 Å². The number of benzene rings is 1. The number of aromatic nitrogens is 1. The molecule has 0 fully saturated rings. The van der Waals surface area contributed by atoms with Gasteiger partial charge in [0.15, 0.2) is 0 Å². The second-order valence-corrected chi connectivity index (χ2v) is 6.23. The number of nitrogens with one attached hydrogen (secondary N) is 1. The summed E-state index contributed by atoms with van der Waals surface area (Å²) in [4.78, 5) is 4.18. The molecule has 0 aliphatic rings. The van der Waals surface area contributed by atoms with Crippen molar-refractivity contribution in [2.24, 2.45) is 0 Å². The lowest BCUT2D eigenvalue weighted by molar-refractivity contribution is -0.137. The van der Waals surface area contributed by atoms with Crippen molar-refractivity contribution in [1.82, 2.24) is 4.98 Å². The fraction of sp³-hybridized carbons (Fsp3) is 0.421. The van der Waals surface area contributed by atoms with E-state index < -0.39 is 22.7 Å². The minimum Gasteiger partial charge on any atom is -0.480 e. The third-order valence-corrected chi connectivity index (χ3v) is 4.15. The fourth-order valence-corrected chi connectivity index (χ4v) is 2.77. The highest BCUT2D eigenvalue weighted by Crippen LogP contribution is 2.30. The van der Waals surface area contributed by atoms with E-state index in [1.807, 2.05) is 41.5 Å². The monoisotopic (exact) mass is 484 g/mol. The highest BCUT2D eigenvalue weighted by atomic mass is 79.9. The van der Waals surface area contributed by atoms with Gasteiger partial charge in [0.2, 0.25) is 5.88 Å². The number of nitrogens with zero attached hydrogens (tertiary/aromatic N) is 1. The third-order valence-electron chi connectivity index (χ3n) is 2.61. The van der Waals surface area contributed by atoms with Crippen molar-refractivity contribution in [3.05, 3.63) is 46.6 Å². The summed E-state index contributed by atoms with van der Waals surface area (Å²) in [5.74, 6) is 0.225. The number of halogens is 4. The first kappa shape index (κ1) is 28.6. The predicted octanol–water partition coefficient (Wildman–Crippen LogP) is 7.08. The smallest absolute Gasteiger partial charge is 0.416 e. The lowest BCUT2D eigenvalue weighted by Crippen LogP contribution is -2.08. The van der Waals surface area contributed by atoms with Gasteiger partial charge in [-0.15, -0.1) is 0 Å². The van der Waals surface area contributed by atoms with Crippen LogP contribution in [0.1, 0.15) is 47.1 Å². The van der Waals surface area contributed by atoms with Crippen LogP contribution in [0.15, 0.2) is 45.9 Å². The Labute approximate surface area is 176 Å². The summed E-state index contributed by atoms with van der Waals surface area (Å²) >= 11 is 3.22. The maximum Gasteiger partial charge on any atom is 0.416 e. The molecule has 1 atom stereocenters. The number of methoxy groups -OCH3 is 1. The second-order valence-electron chi connectivity index (χ2n) is 4.10. The topological polar surface area (TPSA) is 51.2 Å². The van der Waals surface area contributed by atoms with Crippen LogP contribution in [-0.2, 0) is 17.2 Å². The quantitative estimate of drug-likeness (QED) is 0.503. The van der Waals surface area contributed by atoms with E-state index in [2.05, 4.69) is 25.6 Å². The summed E-state index contributed by atoms with van der Waals surface area (Å²) in [6.07, 6.45) is -2.92. The van der Waals surface area contributed by atoms with Gasteiger partial charge in [-0.3, -0.25) is 4.72 Å². The molecule has 1 aromatic carbocycles. The van der Waals surface area contributed by atoms with Crippen molar-refractivity contribution in [2.45, 2.75) is 52.6 Å². The summed E-state index contributed by atoms with van der Waals surface area (Å²) < 4.78 is 58.0. The largest absolute Gasteiger partial charge is 0.480 e. The van der Waals surface area contributed by atoms with Gasteiger partial charge in [-0.05, 0) is 46.3 Å². The first-order valence-electron chi connectivity index (χ1n) is 8.86. The highest BCUT2D eigenvalue weighted by molar-refractivity contribution is 9.10. The van der Waals surface area contributed by atoms with Crippen molar-refractivity contribution in [3.63, 3.8) is 0 Å². The van der Waals surface area contributed by atoms with Crippen LogP contribution in [0.2, 0.25) is 0 Å². The van der Waals surface area contributed by atoms with E-state index in [0.717, 1.165) is 24.3 Å². The molecule has 28 heavy (non-hydrogen) atoms. The first-order chi connectivity index (χ1) is 13.3. The zero-order valence-electron chi connectivity index (χ0n) is 17.1. The van der Waals surface area contributed by atoms with Gasteiger partial charge in [0.25, 0.3) is 0 Å². The maximum absolute atomic E-state index is 12.5. The van der Waals surface area contributed by atoms with Gasteiger partial charge in [-0.25, -0.2) is 9.19 Å². The molecular weight excluding hydrogens is 457 g/mol. The summed E-state index contributed by atoms with van der Waals surface area (Å²) in [6.45, 7) is 12.0. The van der Waals surface area contributed by atoms with Gasteiger partial charge in [0.1, 0.15) is 16.7 Å². The van der Waals surface area contributed by atoms with Crippen molar-refractivity contribution in [1.29, 1.82) is 0 Å². The van der Waals surface area contributed by atoms with Crippen LogP contribution in [0.5, 0.6) is 5.88 Å². The van der Waals surface area contributed by atoms with Crippen LogP contribution in [0.4, 0.5) is 18.9 Å². The maximum atomic E-state index is 12.5. The Kier molecular flexibility index (Phi) is 15.7. The molecule has 1 unspecified atom stereocenters. The van der Waals surface area contributed by atoms with E-state index in [1.165, 1.54) is 13.3 Å². The van der Waals surface area contributed by atoms with Gasteiger partial charge in [0, 0.05) is 10.7 Å². The molecular formula is C19H28BrF3N2O2S. The van der Waals surface area contributed by atoms with Crippen LogP contribution in [-0.4, -0.2) is 16.3 Å². The minimum atomic E-state index is -4.43. The Morgan fingerprint density at radius 2 is 1.54 bits per heavy atom. The lowest BCUT2D eigenvalue weighted by Gasteiger charge is -2.11. The van der Waals surface area contributed by atoms with Crippen LogP contribution < -0.4 is 9.46 Å². The van der Waals surface area contributed by atoms with Crippen molar-refractivity contribution in [3.8, 4) is 5.88 Å². The molecule has 160 valence electrons. The molecule has 0 amide bonds. The molecule has 0 saturated carbocycles. The zero-order valence-corrected chi connectivity index (χ0v) is 19.6.